The Morgan fingerprint density at radius 3 is 2.69 bits per heavy atom. The summed E-state index contributed by atoms with van der Waals surface area (Å²) in [6, 6.07) is 17.3. The Kier molecular flexibility index (Phi) is 5.29. The first-order valence-corrected chi connectivity index (χ1v) is 11.9. The fourth-order valence-corrected chi connectivity index (χ4v) is 5.02. The predicted molar refractivity (Wildman–Crippen MR) is 126 cm³/mol. The second-order valence-electron chi connectivity index (χ2n) is 8.94. The molecule has 0 fully saturated rings. The normalized spacial score (nSPS) is 19.2. The van der Waals surface area contributed by atoms with Crippen LogP contribution in [-0.2, 0) is 4.79 Å². The van der Waals surface area contributed by atoms with Gasteiger partial charge in [-0.3, -0.25) is 4.79 Å². The first-order chi connectivity index (χ1) is 15.4. The van der Waals surface area contributed by atoms with E-state index in [2.05, 4.69) is 26.1 Å². The van der Waals surface area contributed by atoms with E-state index in [1.807, 2.05) is 59.3 Å². The summed E-state index contributed by atoms with van der Waals surface area (Å²) in [5.74, 6) is 3.22. The minimum absolute atomic E-state index is 0.0884. The number of Topliss-reactive ketones (excluding diaryl/α,β-unsaturated/α-hetero) is 1. The lowest BCUT2D eigenvalue weighted by Gasteiger charge is -2.38. The Labute approximate surface area is 192 Å². The van der Waals surface area contributed by atoms with Crippen LogP contribution in [0.25, 0.3) is 0 Å². The Morgan fingerprint density at radius 2 is 1.91 bits per heavy atom. The molecule has 2 aliphatic rings. The number of hydrogen-bond acceptors (Lipinski definition) is 6. The number of para-hydroxylation sites is 1. The third-order valence-electron chi connectivity index (χ3n) is 5.74. The van der Waals surface area contributed by atoms with E-state index in [4.69, 9.17) is 14.8 Å². The number of ketones is 1. The number of thioether (sulfide) groups is 1. The first-order valence-electron chi connectivity index (χ1n) is 10.9. The third-order valence-corrected chi connectivity index (χ3v) is 6.46. The van der Waals surface area contributed by atoms with Crippen molar-refractivity contribution in [2.75, 3.05) is 11.1 Å². The molecule has 1 aromatic heterocycles. The van der Waals surface area contributed by atoms with Crippen molar-refractivity contribution in [2.45, 2.75) is 44.8 Å². The molecule has 1 aliphatic carbocycles. The van der Waals surface area contributed by atoms with Crippen molar-refractivity contribution in [2.24, 2.45) is 5.41 Å². The highest BCUT2D eigenvalue weighted by atomic mass is 32.2. The van der Waals surface area contributed by atoms with Gasteiger partial charge < -0.3 is 10.1 Å². The van der Waals surface area contributed by atoms with Gasteiger partial charge >= 0.3 is 0 Å². The van der Waals surface area contributed by atoms with E-state index in [9.17, 15) is 4.79 Å². The summed E-state index contributed by atoms with van der Waals surface area (Å²) in [7, 11) is 0. The van der Waals surface area contributed by atoms with Gasteiger partial charge in [0, 0.05) is 17.7 Å². The van der Waals surface area contributed by atoms with E-state index in [0.29, 0.717) is 17.5 Å². The molecule has 1 N–H and O–H groups in total. The van der Waals surface area contributed by atoms with Crippen LogP contribution < -0.4 is 10.1 Å². The summed E-state index contributed by atoms with van der Waals surface area (Å²) in [4.78, 5) is 18.0. The molecule has 5 rings (SSSR count). The van der Waals surface area contributed by atoms with Crippen molar-refractivity contribution >= 4 is 23.5 Å². The zero-order chi connectivity index (χ0) is 22.3. The maximum Gasteiger partial charge on any atom is 0.227 e. The molecule has 0 bridgehead atoms. The number of ether oxygens (including phenoxy) is 1. The first kappa shape index (κ1) is 20.8. The average Bonchev–Trinajstić information content (AvgIpc) is 3.14. The lowest BCUT2D eigenvalue weighted by molar-refractivity contribution is -0.118. The summed E-state index contributed by atoms with van der Waals surface area (Å²) < 4.78 is 7.93. The average molecular weight is 447 g/mol. The molecule has 6 nitrogen and oxygen atoms in total. The summed E-state index contributed by atoms with van der Waals surface area (Å²) in [5, 5.41) is 8.89. The van der Waals surface area contributed by atoms with Crippen LogP contribution in [0.2, 0.25) is 0 Å². The van der Waals surface area contributed by atoms with Crippen molar-refractivity contribution in [3.8, 4) is 11.5 Å². The lowest BCUT2D eigenvalue weighted by Crippen LogP contribution is -2.36. The molecule has 0 spiro atoms. The van der Waals surface area contributed by atoms with Crippen LogP contribution in [0.4, 0.5) is 5.95 Å². The van der Waals surface area contributed by atoms with Gasteiger partial charge in [-0.25, -0.2) is 4.68 Å². The smallest absolute Gasteiger partial charge is 0.227 e. The molecule has 0 radical (unpaired) electrons. The third kappa shape index (κ3) is 3.93. The van der Waals surface area contributed by atoms with Crippen LogP contribution in [0.1, 0.15) is 45.2 Å². The minimum atomic E-state index is -0.331. The number of nitrogens with zero attached hydrogens (tertiary/aromatic N) is 3. The largest absolute Gasteiger partial charge is 0.457 e. The maximum atomic E-state index is 13.4. The van der Waals surface area contributed by atoms with Gasteiger partial charge in [0.2, 0.25) is 11.1 Å². The van der Waals surface area contributed by atoms with Gasteiger partial charge in [0.05, 0.1) is 0 Å². The van der Waals surface area contributed by atoms with E-state index in [1.165, 1.54) is 0 Å². The SMILES string of the molecule is CCSc1nc2n(n1)C(c1cccc(Oc3ccccc3)c1)C1=C(CC(C)(C)CC1=O)N2. The van der Waals surface area contributed by atoms with Crippen molar-refractivity contribution in [3.05, 3.63) is 71.4 Å². The van der Waals surface area contributed by atoms with E-state index in [0.717, 1.165) is 40.5 Å². The maximum absolute atomic E-state index is 13.4. The van der Waals surface area contributed by atoms with Crippen molar-refractivity contribution < 1.29 is 9.53 Å². The molecule has 2 heterocycles. The second kappa shape index (κ2) is 8.13. The predicted octanol–water partition coefficient (Wildman–Crippen LogP) is 5.84. The number of carbonyl (C=O) groups excluding carboxylic acids is 1. The Bertz CT molecular complexity index is 1200. The van der Waals surface area contributed by atoms with Gasteiger partial charge in [-0.1, -0.05) is 62.9 Å². The van der Waals surface area contributed by atoms with E-state index >= 15 is 0 Å². The summed E-state index contributed by atoms with van der Waals surface area (Å²) >= 11 is 1.59. The molecule has 1 unspecified atom stereocenters. The molecule has 0 amide bonds. The molecule has 1 aliphatic heterocycles. The number of allylic oxidation sites excluding steroid dienone is 2. The fraction of sp³-hybridized carbons (Fsp3) is 0.320. The van der Waals surface area contributed by atoms with Gasteiger partial charge in [0.1, 0.15) is 17.5 Å². The zero-order valence-corrected chi connectivity index (χ0v) is 19.3. The van der Waals surface area contributed by atoms with Crippen LogP contribution in [0.15, 0.2) is 71.0 Å². The molecule has 1 atom stereocenters. The number of aromatic nitrogens is 3. The second-order valence-corrected chi connectivity index (χ2v) is 10.2. The number of benzene rings is 2. The summed E-state index contributed by atoms with van der Waals surface area (Å²) in [6.45, 7) is 6.35. The monoisotopic (exact) mass is 446 g/mol. The highest BCUT2D eigenvalue weighted by Crippen LogP contribution is 2.46. The van der Waals surface area contributed by atoms with Crippen LogP contribution >= 0.6 is 11.8 Å². The van der Waals surface area contributed by atoms with E-state index < -0.39 is 0 Å². The number of rotatable bonds is 5. The zero-order valence-electron chi connectivity index (χ0n) is 18.5. The van der Waals surface area contributed by atoms with Gasteiger partial charge in [-0.2, -0.15) is 4.98 Å². The molecule has 2 aromatic carbocycles. The molecular weight excluding hydrogens is 420 g/mol. The fourth-order valence-electron chi connectivity index (χ4n) is 4.46. The van der Waals surface area contributed by atoms with Crippen molar-refractivity contribution in [3.63, 3.8) is 0 Å². The molecule has 32 heavy (non-hydrogen) atoms. The number of carbonyl (C=O) groups is 1. The standard InChI is InChI=1S/C25H26N4O2S/c1-4-32-24-27-23-26-19-14-25(2,3)15-20(30)21(19)22(29(23)28-24)16-9-8-12-18(13-16)31-17-10-6-5-7-11-17/h5-13,22H,4,14-15H2,1-3H3,(H,26,27,28). The van der Waals surface area contributed by atoms with Crippen LogP contribution in [0.5, 0.6) is 11.5 Å². The molecule has 7 heteroatoms. The van der Waals surface area contributed by atoms with Gasteiger partial charge in [-0.15, -0.1) is 5.10 Å². The van der Waals surface area contributed by atoms with Crippen LogP contribution in [0.3, 0.4) is 0 Å². The number of nitrogens with one attached hydrogen (secondary N) is 1. The van der Waals surface area contributed by atoms with E-state index in [-0.39, 0.29) is 17.2 Å². The van der Waals surface area contributed by atoms with Crippen molar-refractivity contribution in [1.29, 1.82) is 0 Å². The number of fused-ring (bicyclic) bond motifs is 1. The Balaban J connectivity index is 1.60. The number of hydrogen-bond donors (Lipinski definition) is 1. The Morgan fingerprint density at radius 1 is 1.12 bits per heavy atom. The molecule has 0 saturated carbocycles. The van der Waals surface area contributed by atoms with Gasteiger partial charge in [0.25, 0.3) is 0 Å². The highest BCUT2D eigenvalue weighted by molar-refractivity contribution is 7.99. The van der Waals surface area contributed by atoms with E-state index in [1.54, 1.807) is 11.8 Å². The summed E-state index contributed by atoms with van der Waals surface area (Å²) in [6.07, 6.45) is 1.32. The quantitative estimate of drug-likeness (QED) is 0.497. The van der Waals surface area contributed by atoms with Crippen molar-refractivity contribution in [1.82, 2.24) is 14.8 Å². The molecular formula is C25H26N4O2S. The van der Waals surface area contributed by atoms with Crippen LogP contribution in [0, 0.1) is 5.41 Å². The van der Waals surface area contributed by atoms with Gasteiger partial charge in [-0.05, 0) is 47.4 Å². The van der Waals surface area contributed by atoms with Crippen LogP contribution in [-0.4, -0.2) is 26.3 Å². The molecule has 164 valence electrons. The highest BCUT2D eigenvalue weighted by Gasteiger charge is 2.42. The molecule has 0 saturated heterocycles. The Hall–Kier alpha value is -3.06. The topological polar surface area (TPSA) is 69.0 Å². The summed E-state index contributed by atoms with van der Waals surface area (Å²) in [5.41, 5.74) is 2.61. The lowest BCUT2D eigenvalue weighted by atomic mass is 9.73. The molecule has 3 aromatic rings. The van der Waals surface area contributed by atoms with Gasteiger partial charge in [0.15, 0.2) is 5.78 Å². The number of anilines is 1. The minimum Gasteiger partial charge on any atom is -0.457 e.